The van der Waals surface area contributed by atoms with Gasteiger partial charge in [0.25, 0.3) is 5.22 Å². The van der Waals surface area contributed by atoms with Crippen LogP contribution in [0.25, 0.3) is 11.5 Å². The van der Waals surface area contributed by atoms with Crippen LogP contribution in [0.3, 0.4) is 0 Å². The lowest BCUT2D eigenvalue weighted by Gasteiger charge is -2.06. The summed E-state index contributed by atoms with van der Waals surface area (Å²) in [4.78, 5) is 23.2. The molecule has 2 N–H and O–H groups in total. The van der Waals surface area contributed by atoms with Crippen LogP contribution in [-0.2, 0) is 9.59 Å². The largest absolute Gasteiger partial charge is 0.411 e. The Morgan fingerprint density at radius 1 is 0.964 bits per heavy atom. The number of carbonyl (C=O) groups excluding carboxylic acids is 2. The summed E-state index contributed by atoms with van der Waals surface area (Å²) < 4.78 is 5.60. The smallest absolute Gasteiger partial charge is 0.277 e. The Morgan fingerprint density at radius 3 is 2.36 bits per heavy atom. The maximum Gasteiger partial charge on any atom is 0.277 e. The number of nitrogens with zero attached hydrogens (tertiary/aromatic N) is 2. The second-order valence-electron chi connectivity index (χ2n) is 6.27. The molecule has 144 valence electrons. The van der Waals surface area contributed by atoms with Gasteiger partial charge in [0.05, 0.1) is 5.75 Å². The normalized spacial score (nSPS) is 10.5. The number of anilines is 2. The first kappa shape index (κ1) is 19.6. The summed E-state index contributed by atoms with van der Waals surface area (Å²) in [6, 6.07) is 12.8. The molecular formula is C20H20N4O3S. The molecule has 0 saturated carbocycles. The quantitative estimate of drug-likeness (QED) is 0.610. The lowest BCUT2D eigenvalue weighted by atomic mass is 10.1. The van der Waals surface area contributed by atoms with Gasteiger partial charge in [-0.15, -0.1) is 10.2 Å². The van der Waals surface area contributed by atoms with Crippen molar-refractivity contribution >= 4 is 35.0 Å². The minimum atomic E-state index is -0.146. The summed E-state index contributed by atoms with van der Waals surface area (Å²) in [6.45, 7) is 5.48. The van der Waals surface area contributed by atoms with E-state index in [0.29, 0.717) is 16.8 Å². The SMILES string of the molecule is CC(=O)Nc1ccc(-c2nnc(SCC(=O)Nc3ccc(C)c(C)c3)o2)cc1. The third-order valence-electron chi connectivity index (χ3n) is 3.98. The van der Waals surface area contributed by atoms with Crippen molar-refractivity contribution in [3.05, 3.63) is 53.6 Å². The van der Waals surface area contributed by atoms with Gasteiger partial charge in [0.1, 0.15) is 0 Å². The van der Waals surface area contributed by atoms with Gasteiger partial charge in [-0.3, -0.25) is 9.59 Å². The number of benzene rings is 2. The molecule has 3 rings (SSSR count). The van der Waals surface area contributed by atoms with Gasteiger partial charge in [-0.2, -0.15) is 0 Å². The second-order valence-corrected chi connectivity index (χ2v) is 7.19. The minimum Gasteiger partial charge on any atom is -0.411 e. The summed E-state index contributed by atoms with van der Waals surface area (Å²) in [6.07, 6.45) is 0. The molecule has 0 saturated heterocycles. The van der Waals surface area contributed by atoms with Crippen LogP contribution in [0, 0.1) is 13.8 Å². The number of nitrogens with one attached hydrogen (secondary N) is 2. The summed E-state index contributed by atoms with van der Waals surface area (Å²) >= 11 is 1.17. The Morgan fingerprint density at radius 2 is 1.68 bits per heavy atom. The van der Waals surface area contributed by atoms with Crippen LogP contribution in [0.15, 0.2) is 52.1 Å². The van der Waals surface area contributed by atoms with Crippen LogP contribution in [0.2, 0.25) is 0 Å². The molecule has 0 bridgehead atoms. The first-order valence-corrected chi connectivity index (χ1v) is 9.61. The molecule has 2 amide bonds. The molecule has 3 aromatic rings. The number of aryl methyl sites for hydroxylation is 2. The predicted molar refractivity (Wildman–Crippen MR) is 109 cm³/mol. The Labute approximate surface area is 166 Å². The lowest BCUT2D eigenvalue weighted by molar-refractivity contribution is -0.114. The molecule has 7 nitrogen and oxygen atoms in total. The predicted octanol–water partition coefficient (Wildman–Crippen LogP) is 4.04. The van der Waals surface area contributed by atoms with Crippen molar-refractivity contribution in [2.75, 3.05) is 16.4 Å². The number of hydrogen-bond donors (Lipinski definition) is 2. The van der Waals surface area contributed by atoms with Gasteiger partial charge < -0.3 is 15.1 Å². The van der Waals surface area contributed by atoms with Crippen LogP contribution >= 0.6 is 11.8 Å². The molecule has 0 unspecified atom stereocenters. The second kappa shape index (κ2) is 8.71. The van der Waals surface area contributed by atoms with E-state index in [1.165, 1.54) is 24.2 Å². The molecule has 1 heterocycles. The van der Waals surface area contributed by atoms with Crippen molar-refractivity contribution in [1.29, 1.82) is 0 Å². The number of thioether (sulfide) groups is 1. The third-order valence-corrected chi connectivity index (χ3v) is 4.79. The Bertz CT molecular complexity index is 999. The molecule has 0 aliphatic heterocycles. The number of aromatic nitrogens is 2. The van der Waals surface area contributed by atoms with E-state index in [9.17, 15) is 9.59 Å². The van der Waals surface area contributed by atoms with E-state index in [0.717, 1.165) is 16.8 Å². The molecular weight excluding hydrogens is 376 g/mol. The molecule has 0 aliphatic rings. The van der Waals surface area contributed by atoms with Gasteiger partial charge in [0, 0.05) is 23.9 Å². The van der Waals surface area contributed by atoms with Gasteiger partial charge in [-0.1, -0.05) is 17.8 Å². The van der Waals surface area contributed by atoms with E-state index >= 15 is 0 Å². The molecule has 0 fully saturated rings. The van der Waals surface area contributed by atoms with Crippen LogP contribution in [-0.4, -0.2) is 27.8 Å². The number of rotatable bonds is 6. The first-order valence-electron chi connectivity index (χ1n) is 8.62. The van der Waals surface area contributed by atoms with Crippen LogP contribution in [0.1, 0.15) is 18.1 Å². The highest BCUT2D eigenvalue weighted by atomic mass is 32.2. The highest BCUT2D eigenvalue weighted by Gasteiger charge is 2.12. The molecule has 0 radical (unpaired) electrons. The van der Waals surface area contributed by atoms with Crippen LogP contribution in [0.5, 0.6) is 0 Å². The standard InChI is InChI=1S/C20H20N4O3S/c1-12-4-7-17(10-13(12)2)22-18(26)11-28-20-24-23-19(27-20)15-5-8-16(9-6-15)21-14(3)25/h4-10H,11H2,1-3H3,(H,21,25)(H,22,26). The van der Waals surface area contributed by atoms with E-state index in [1.54, 1.807) is 24.3 Å². The average molecular weight is 396 g/mol. The van der Waals surface area contributed by atoms with E-state index in [2.05, 4.69) is 20.8 Å². The van der Waals surface area contributed by atoms with Crippen molar-refractivity contribution in [3.8, 4) is 11.5 Å². The molecule has 28 heavy (non-hydrogen) atoms. The molecule has 1 aromatic heterocycles. The fraction of sp³-hybridized carbons (Fsp3) is 0.200. The molecule has 8 heteroatoms. The molecule has 0 spiro atoms. The van der Waals surface area contributed by atoms with Gasteiger partial charge >= 0.3 is 0 Å². The summed E-state index contributed by atoms with van der Waals surface area (Å²) in [5, 5.41) is 13.8. The summed E-state index contributed by atoms with van der Waals surface area (Å²) in [5.41, 5.74) is 4.48. The van der Waals surface area contributed by atoms with Crippen LogP contribution in [0.4, 0.5) is 11.4 Å². The van der Waals surface area contributed by atoms with Crippen molar-refractivity contribution in [3.63, 3.8) is 0 Å². The van der Waals surface area contributed by atoms with Gasteiger partial charge in [0.15, 0.2) is 0 Å². The molecule has 0 atom stereocenters. The topological polar surface area (TPSA) is 97.1 Å². The van der Waals surface area contributed by atoms with Gasteiger partial charge in [-0.05, 0) is 61.4 Å². The van der Waals surface area contributed by atoms with E-state index < -0.39 is 0 Å². The Balaban J connectivity index is 1.56. The number of carbonyl (C=O) groups is 2. The van der Waals surface area contributed by atoms with Crippen molar-refractivity contribution in [1.82, 2.24) is 10.2 Å². The highest BCUT2D eigenvalue weighted by Crippen LogP contribution is 2.24. The van der Waals surface area contributed by atoms with E-state index in [4.69, 9.17) is 4.42 Å². The number of hydrogen-bond acceptors (Lipinski definition) is 6. The summed E-state index contributed by atoms with van der Waals surface area (Å²) in [7, 11) is 0. The Hall–Kier alpha value is -3.13. The zero-order chi connectivity index (χ0) is 20.1. The first-order chi connectivity index (χ1) is 13.4. The van der Waals surface area contributed by atoms with Crippen LogP contribution < -0.4 is 10.6 Å². The summed E-state index contributed by atoms with van der Waals surface area (Å²) in [5.74, 6) is 0.234. The highest BCUT2D eigenvalue weighted by molar-refractivity contribution is 7.99. The zero-order valence-corrected chi connectivity index (χ0v) is 16.6. The van der Waals surface area contributed by atoms with Crippen molar-refractivity contribution < 1.29 is 14.0 Å². The fourth-order valence-electron chi connectivity index (χ4n) is 2.43. The van der Waals surface area contributed by atoms with Gasteiger partial charge in [0.2, 0.25) is 17.7 Å². The van der Waals surface area contributed by atoms with Crippen molar-refractivity contribution in [2.45, 2.75) is 26.0 Å². The maximum atomic E-state index is 12.1. The van der Waals surface area contributed by atoms with Crippen molar-refractivity contribution in [2.24, 2.45) is 0 Å². The zero-order valence-electron chi connectivity index (χ0n) is 15.8. The Kier molecular flexibility index (Phi) is 6.10. The van der Waals surface area contributed by atoms with E-state index in [-0.39, 0.29) is 17.6 Å². The third kappa shape index (κ3) is 5.20. The van der Waals surface area contributed by atoms with E-state index in [1.807, 2.05) is 32.0 Å². The van der Waals surface area contributed by atoms with Gasteiger partial charge in [-0.25, -0.2) is 0 Å². The molecule has 0 aliphatic carbocycles. The minimum absolute atomic E-state index is 0.136. The maximum absolute atomic E-state index is 12.1. The fourth-order valence-corrected chi connectivity index (χ4v) is 2.99. The monoisotopic (exact) mass is 396 g/mol. The number of amides is 2. The lowest BCUT2D eigenvalue weighted by Crippen LogP contribution is -2.14. The molecule has 2 aromatic carbocycles. The average Bonchev–Trinajstić information content (AvgIpc) is 3.12.